The number of carbonyl (C=O) groups is 1. The summed E-state index contributed by atoms with van der Waals surface area (Å²) in [4.78, 5) is 26.8. The standard InChI is InChI=1S/C27H37N7O3/c1-5-37-25(35)18-7-6-8-21(15-18)34-24-22(16-28-34)23(33-13-9-19(10-14-33)27(2,3)36)30-26(31-24)29-20-11-12-32(4)17-20/h6-8,15-16,19-20,36H,5,9-14,17H2,1-4H3,(H,29,30,31)/t20-/m0/s1. The fraction of sp³-hybridized carbons (Fsp3) is 0.556. The molecule has 0 saturated carbocycles. The Morgan fingerprint density at radius 2 is 1.97 bits per heavy atom. The molecule has 37 heavy (non-hydrogen) atoms. The third-order valence-electron chi connectivity index (χ3n) is 7.53. The van der Waals surface area contributed by atoms with Crippen LogP contribution in [0.2, 0.25) is 0 Å². The Kier molecular flexibility index (Phi) is 7.04. The van der Waals surface area contributed by atoms with Gasteiger partial charge in [-0.25, -0.2) is 9.48 Å². The number of likely N-dealkylation sites (tertiary alicyclic amines) is 1. The molecule has 0 radical (unpaired) electrons. The summed E-state index contributed by atoms with van der Waals surface area (Å²) < 4.78 is 6.95. The van der Waals surface area contributed by atoms with Gasteiger partial charge in [-0.3, -0.25) is 0 Å². The lowest BCUT2D eigenvalue weighted by Gasteiger charge is -2.38. The molecule has 10 heteroatoms. The van der Waals surface area contributed by atoms with Crippen molar-refractivity contribution in [1.82, 2.24) is 24.6 Å². The van der Waals surface area contributed by atoms with Gasteiger partial charge < -0.3 is 25.0 Å². The molecular weight excluding hydrogens is 470 g/mol. The van der Waals surface area contributed by atoms with E-state index in [-0.39, 0.29) is 17.9 Å². The van der Waals surface area contributed by atoms with E-state index in [2.05, 4.69) is 27.3 Å². The van der Waals surface area contributed by atoms with Gasteiger partial charge in [-0.05, 0) is 77.7 Å². The summed E-state index contributed by atoms with van der Waals surface area (Å²) in [5.74, 6) is 1.32. The molecule has 3 aromatic rings. The zero-order valence-electron chi connectivity index (χ0n) is 22.1. The number of piperidine rings is 1. The highest BCUT2D eigenvalue weighted by Gasteiger charge is 2.32. The third kappa shape index (κ3) is 5.40. The van der Waals surface area contributed by atoms with Crippen molar-refractivity contribution in [3.8, 4) is 5.69 Å². The Bertz CT molecular complexity index is 1260. The lowest BCUT2D eigenvalue weighted by molar-refractivity contribution is 0.00647. The first-order valence-corrected chi connectivity index (χ1v) is 13.2. The number of aromatic nitrogens is 4. The number of hydrogen-bond acceptors (Lipinski definition) is 9. The van der Waals surface area contributed by atoms with Crippen molar-refractivity contribution in [2.45, 2.75) is 51.7 Å². The average molecular weight is 508 g/mol. The number of ether oxygens (including phenoxy) is 1. The Morgan fingerprint density at radius 1 is 1.19 bits per heavy atom. The zero-order chi connectivity index (χ0) is 26.2. The number of esters is 1. The Labute approximate surface area is 217 Å². The van der Waals surface area contributed by atoms with E-state index >= 15 is 0 Å². The maximum absolute atomic E-state index is 12.3. The van der Waals surface area contributed by atoms with Gasteiger partial charge in [0.05, 0.1) is 35.0 Å². The van der Waals surface area contributed by atoms with Gasteiger partial charge in [-0.2, -0.15) is 15.1 Å². The third-order valence-corrected chi connectivity index (χ3v) is 7.53. The van der Waals surface area contributed by atoms with Crippen molar-refractivity contribution in [2.75, 3.05) is 50.1 Å². The monoisotopic (exact) mass is 507 g/mol. The van der Waals surface area contributed by atoms with Crippen molar-refractivity contribution in [2.24, 2.45) is 5.92 Å². The summed E-state index contributed by atoms with van der Waals surface area (Å²) in [6.45, 7) is 9.48. The number of anilines is 2. The lowest BCUT2D eigenvalue weighted by atomic mass is 9.83. The number of carbonyl (C=O) groups excluding carboxylic acids is 1. The number of nitrogens with one attached hydrogen (secondary N) is 1. The highest BCUT2D eigenvalue weighted by Crippen LogP contribution is 2.33. The quantitative estimate of drug-likeness (QED) is 0.466. The molecule has 10 nitrogen and oxygen atoms in total. The number of benzene rings is 1. The van der Waals surface area contributed by atoms with Crippen LogP contribution in [0, 0.1) is 5.92 Å². The van der Waals surface area contributed by atoms with Crippen molar-refractivity contribution in [3.63, 3.8) is 0 Å². The minimum absolute atomic E-state index is 0.251. The number of rotatable bonds is 7. The number of likely N-dealkylation sites (N-methyl/N-ethyl adjacent to an activating group) is 1. The van der Waals surface area contributed by atoms with Crippen LogP contribution in [0.1, 0.15) is 50.4 Å². The van der Waals surface area contributed by atoms with Crippen LogP contribution in [0.25, 0.3) is 16.7 Å². The van der Waals surface area contributed by atoms with E-state index in [1.807, 2.05) is 26.0 Å². The first-order chi connectivity index (χ1) is 17.7. The maximum atomic E-state index is 12.3. The number of fused-ring (bicyclic) bond motifs is 1. The molecule has 5 rings (SSSR count). The number of hydrogen-bond donors (Lipinski definition) is 2. The van der Waals surface area contributed by atoms with Crippen molar-refractivity contribution >= 4 is 28.8 Å². The van der Waals surface area contributed by atoms with Gasteiger partial charge in [0.15, 0.2) is 5.65 Å². The van der Waals surface area contributed by atoms with Gasteiger partial charge in [0.2, 0.25) is 5.95 Å². The van der Waals surface area contributed by atoms with E-state index in [0.29, 0.717) is 23.8 Å². The molecule has 0 unspecified atom stereocenters. The fourth-order valence-electron chi connectivity index (χ4n) is 5.40. The Morgan fingerprint density at radius 3 is 2.65 bits per heavy atom. The summed E-state index contributed by atoms with van der Waals surface area (Å²) >= 11 is 0. The van der Waals surface area contributed by atoms with Gasteiger partial charge in [0, 0.05) is 25.7 Å². The number of nitrogens with zero attached hydrogens (tertiary/aromatic N) is 6. The van der Waals surface area contributed by atoms with E-state index in [0.717, 1.165) is 62.3 Å². The van der Waals surface area contributed by atoms with Crippen LogP contribution in [0.4, 0.5) is 11.8 Å². The molecule has 2 fully saturated rings. The van der Waals surface area contributed by atoms with Crippen LogP contribution < -0.4 is 10.2 Å². The highest BCUT2D eigenvalue weighted by atomic mass is 16.5. The summed E-state index contributed by atoms with van der Waals surface area (Å²) in [7, 11) is 2.12. The normalized spacial score (nSPS) is 19.5. The first-order valence-electron chi connectivity index (χ1n) is 13.2. The Hall–Kier alpha value is -3.24. The molecule has 1 atom stereocenters. The maximum Gasteiger partial charge on any atom is 0.338 e. The van der Waals surface area contributed by atoms with Crippen LogP contribution in [0.3, 0.4) is 0 Å². The van der Waals surface area contributed by atoms with Gasteiger partial charge in [-0.15, -0.1) is 0 Å². The van der Waals surface area contributed by atoms with E-state index in [4.69, 9.17) is 14.7 Å². The van der Waals surface area contributed by atoms with Gasteiger partial charge in [0.25, 0.3) is 0 Å². The molecule has 2 aliphatic heterocycles. The highest BCUT2D eigenvalue weighted by molar-refractivity contribution is 5.91. The van der Waals surface area contributed by atoms with Crippen molar-refractivity contribution in [1.29, 1.82) is 0 Å². The fourth-order valence-corrected chi connectivity index (χ4v) is 5.40. The van der Waals surface area contributed by atoms with E-state index < -0.39 is 5.60 Å². The van der Waals surface area contributed by atoms with Crippen molar-refractivity contribution < 1.29 is 14.6 Å². The zero-order valence-corrected chi connectivity index (χ0v) is 22.1. The molecule has 1 aromatic carbocycles. The van der Waals surface area contributed by atoms with Crippen molar-refractivity contribution in [3.05, 3.63) is 36.0 Å². The van der Waals surface area contributed by atoms with E-state index in [9.17, 15) is 9.90 Å². The predicted octanol–water partition coefficient (Wildman–Crippen LogP) is 3.10. The molecule has 198 valence electrons. The first kappa shape index (κ1) is 25.4. The van der Waals surface area contributed by atoms with E-state index in [1.165, 1.54) is 0 Å². The van der Waals surface area contributed by atoms with Crippen LogP contribution in [-0.4, -0.2) is 87.2 Å². The molecule has 2 aromatic heterocycles. The molecular formula is C27H37N7O3. The number of aliphatic hydroxyl groups is 1. The van der Waals surface area contributed by atoms with Crippen LogP contribution in [-0.2, 0) is 4.74 Å². The molecule has 2 saturated heterocycles. The van der Waals surface area contributed by atoms with Gasteiger partial charge in [0.1, 0.15) is 5.82 Å². The molecule has 0 spiro atoms. The van der Waals surface area contributed by atoms with Gasteiger partial charge in [-0.1, -0.05) is 6.07 Å². The molecule has 0 bridgehead atoms. The van der Waals surface area contributed by atoms with Gasteiger partial charge >= 0.3 is 5.97 Å². The minimum atomic E-state index is -0.691. The van der Waals surface area contributed by atoms with E-state index in [1.54, 1.807) is 29.9 Å². The Balaban J connectivity index is 1.53. The second kappa shape index (κ2) is 10.3. The summed E-state index contributed by atoms with van der Waals surface area (Å²) in [5.41, 5.74) is 1.20. The second-order valence-corrected chi connectivity index (χ2v) is 10.7. The molecule has 2 N–H and O–H groups in total. The second-order valence-electron chi connectivity index (χ2n) is 10.7. The van der Waals surface area contributed by atoms with Crippen LogP contribution >= 0.6 is 0 Å². The minimum Gasteiger partial charge on any atom is -0.462 e. The molecule has 2 aliphatic rings. The molecule has 0 amide bonds. The molecule has 4 heterocycles. The lowest BCUT2D eigenvalue weighted by Crippen LogP contribution is -2.42. The largest absolute Gasteiger partial charge is 0.462 e. The van der Waals surface area contributed by atoms with Crippen LogP contribution in [0.15, 0.2) is 30.5 Å². The smallest absolute Gasteiger partial charge is 0.338 e. The summed E-state index contributed by atoms with van der Waals surface area (Å²) in [5, 5.41) is 19.6. The molecule has 0 aliphatic carbocycles. The summed E-state index contributed by atoms with van der Waals surface area (Å²) in [6.07, 6.45) is 4.61. The van der Waals surface area contributed by atoms with Crippen LogP contribution in [0.5, 0.6) is 0 Å². The summed E-state index contributed by atoms with van der Waals surface area (Å²) in [6, 6.07) is 7.53. The topological polar surface area (TPSA) is 109 Å². The average Bonchev–Trinajstić information content (AvgIpc) is 3.49. The predicted molar refractivity (Wildman–Crippen MR) is 143 cm³/mol. The SMILES string of the molecule is CCOC(=O)c1cccc(-n2ncc3c(N4CCC(C(C)(C)O)CC4)nc(N[C@H]4CCN(C)C4)nc32)c1.